The Balaban J connectivity index is 1.30. The summed E-state index contributed by atoms with van der Waals surface area (Å²) in [6.45, 7) is 1.32. The third-order valence-corrected chi connectivity index (χ3v) is 4.55. The van der Waals surface area contributed by atoms with Crippen LogP contribution in [0.2, 0.25) is 0 Å². The molecule has 0 spiro atoms. The zero-order valence-electron chi connectivity index (χ0n) is 15.7. The van der Waals surface area contributed by atoms with E-state index in [-0.39, 0.29) is 12.4 Å². The van der Waals surface area contributed by atoms with Crippen molar-refractivity contribution in [1.29, 1.82) is 0 Å². The average Bonchev–Trinajstić information content (AvgIpc) is 3.16. The minimum atomic E-state index is -0.619. The Morgan fingerprint density at radius 3 is 2.62 bits per heavy atom. The Bertz CT molecular complexity index is 1060. The smallest absolute Gasteiger partial charge is 0.174 e. The second-order valence-corrected chi connectivity index (χ2v) is 6.78. The summed E-state index contributed by atoms with van der Waals surface area (Å²) >= 11 is 0. The number of halogens is 1. The normalized spacial score (nSPS) is 12.2. The largest absolute Gasteiger partial charge is 0.491 e. The van der Waals surface area contributed by atoms with Crippen molar-refractivity contribution in [2.45, 2.75) is 12.6 Å². The molecule has 1 unspecified atom stereocenters. The fourth-order valence-corrected chi connectivity index (χ4v) is 3.06. The lowest BCUT2D eigenvalue weighted by atomic mass is 10.1. The number of nitrogens with one attached hydrogen (secondary N) is 1. The molecule has 0 saturated heterocycles. The summed E-state index contributed by atoms with van der Waals surface area (Å²) in [5.41, 5.74) is 2.46. The lowest BCUT2D eigenvalue weighted by molar-refractivity contribution is 0.106. The number of aliphatic hydroxyl groups excluding tert-OH is 1. The molecular formula is C23H21FN2O3. The molecule has 1 heterocycles. The van der Waals surface area contributed by atoms with Crippen molar-refractivity contribution >= 4 is 10.9 Å². The van der Waals surface area contributed by atoms with E-state index in [4.69, 9.17) is 9.26 Å². The van der Waals surface area contributed by atoms with Crippen LogP contribution in [0.15, 0.2) is 77.3 Å². The molecule has 4 aromatic rings. The first-order chi connectivity index (χ1) is 14.2. The topological polar surface area (TPSA) is 67.5 Å². The van der Waals surface area contributed by atoms with Gasteiger partial charge < -0.3 is 19.7 Å². The van der Waals surface area contributed by atoms with Gasteiger partial charge in [0.1, 0.15) is 29.8 Å². The lowest BCUT2D eigenvalue weighted by Gasteiger charge is -2.13. The van der Waals surface area contributed by atoms with Crippen molar-refractivity contribution in [1.82, 2.24) is 10.5 Å². The monoisotopic (exact) mass is 392 g/mol. The molecular weight excluding hydrogens is 371 g/mol. The van der Waals surface area contributed by atoms with E-state index in [9.17, 15) is 9.50 Å². The molecule has 0 radical (unpaired) electrons. The van der Waals surface area contributed by atoms with Gasteiger partial charge in [-0.3, -0.25) is 0 Å². The van der Waals surface area contributed by atoms with Crippen LogP contribution in [0.4, 0.5) is 4.39 Å². The zero-order valence-corrected chi connectivity index (χ0v) is 15.7. The highest BCUT2D eigenvalue weighted by Crippen LogP contribution is 2.30. The summed E-state index contributed by atoms with van der Waals surface area (Å²) in [5.74, 6) is 0.875. The Labute approximate surface area is 167 Å². The molecule has 1 aromatic heterocycles. The van der Waals surface area contributed by atoms with Gasteiger partial charge in [0.2, 0.25) is 0 Å². The number of nitrogens with zero attached hydrogens (tertiary/aromatic N) is 1. The standard InChI is InChI=1S/C23H21FN2O3/c24-18-8-11-21-22(12-18)26-29-23(21)17-6-9-20(10-7-17)28-15-19(27)14-25-13-16-4-2-1-3-5-16/h1-12,19,25,27H,13-15H2. The molecule has 4 rings (SSSR count). The molecule has 6 heteroatoms. The highest BCUT2D eigenvalue weighted by Gasteiger charge is 2.12. The van der Waals surface area contributed by atoms with Gasteiger partial charge in [-0.2, -0.15) is 0 Å². The summed E-state index contributed by atoms with van der Waals surface area (Å²) in [7, 11) is 0. The number of rotatable bonds is 8. The predicted octanol–water partition coefficient (Wildman–Crippen LogP) is 4.16. The first kappa shape index (κ1) is 19.1. The summed E-state index contributed by atoms with van der Waals surface area (Å²) in [5, 5.41) is 18.0. The van der Waals surface area contributed by atoms with Crippen molar-refractivity contribution in [3.63, 3.8) is 0 Å². The van der Waals surface area contributed by atoms with Crippen LogP contribution in [0.3, 0.4) is 0 Å². The Hall–Kier alpha value is -3.22. The number of ether oxygens (including phenoxy) is 1. The van der Waals surface area contributed by atoms with Crippen LogP contribution in [-0.4, -0.2) is 29.5 Å². The molecule has 0 bridgehead atoms. The molecule has 0 aliphatic carbocycles. The molecule has 0 aliphatic rings. The van der Waals surface area contributed by atoms with Crippen LogP contribution in [0.25, 0.3) is 22.2 Å². The van der Waals surface area contributed by atoms with E-state index < -0.39 is 6.10 Å². The number of hydrogen-bond acceptors (Lipinski definition) is 5. The van der Waals surface area contributed by atoms with E-state index in [1.807, 2.05) is 42.5 Å². The Morgan fingerprint density at radius 1 is 1.03 bits per heavy atom. The molecule has 0 aliphatic heterocycles. The SMILES string of the molecule is OC(CNCc1ccccc1)COc1ccc(-c2onc3cc(F)ccc23)cc1. The number of hydrogen-bond donors (Lipinski definition) is 2. The fourth-order valence-electron chi connectivity index (χ4n) is 3.06. The quantitative estimate of drug-likeness (QED) is 0.471. The van der Waals surface area contributed by atoms with E-state index in [0.29, 0.717) is 30.1 Å². The van der Waals surface area contributed by atoms with E-state index >= 15 is 0 Å². The van der Waals surface area contributed by atoms with Crippen molar-refractivity contribution < 1.29 is 18.8 Å². The third kappa shape index (κ3) is 4.80. The van der Waals surface area contributed by atoms with Crippen molar-refractivity contribution in [3.8, 4) is 17.1 Å². The molecule has 2 N–H and O–H groups in total. The molecule has 5 nitrogen and oxygen atoms in total. The zero-order chi connectivity index (χ0) is 20.1. The molecule has 0 fully saturated rings. The van der Waals surface area contributed by atoms with Gasteiger partial charge in [-0.25, -0.2) is 4.39 Å². The Morgan fingerprint density at radius 2 is 1.83 bits per heavy atom. The van der Waals surface area contributed by atoms with Gasteiger partial charge in [-0.1, -0.05) is 35.5 Å². The van der Waals surface area contributed by atoms with E-state index in [0.717, 1.165) is 10.9 Å². The van der Waals surface area contributed by atoms with Gasteiger partial charge in [0, 0.05) is 30.1 Å². The highest BCUT2D eigenvalue weighted by atomic mass is 19.1. The predicted molar refractivity (Wildman–Crippen MR) is 109 cm³/mol. The van der Waals surface area contributed by atoms with E-state index in [2.05, 4.69) is 10.5 Å². The molecule has 3 aromatic carbocycles. The fraction of sp³-hybridized carbons (Fsp3) is 0.174. The summed E-state index contributed by atoms with van der Waals surface area (Å²) in [4.78, 5) is 0. The van der Waals surface area contributed by atoms with Gasteiger partial charge >= 0.3 is 0 Å². The van der Waals surface area contributed by atoms with E-state index in [1.54, 1.807) is 18.2 Å². The van der Waals surface area contributed by atoms with E-state index in [1.165, 1.54) is 17.7 Å². The van der Waals surface area contributed by atoms with Crippen LogP contribution in [0.1, 0.15) is 5.56 Å². The van der Waals surface area contributed by atoms with Crippen LogP contribution in [0, 0.1) is 5.82 Å². The van der Waals surface area contributed by atoms with Crippen molar-refractivity contribution in [3.05, 3.63) is 84.2 Å². The van der Waals surface area contributed by atoms with Gasteiger partial charge in [-0.05, 0) is 42.0 Å². The van der Waals surface area contributed by atoms with Gasteiger partial charge in [-0.15, -0.1) is 0 Å². The maximum absolute atomic E-state index is 13.3. The molecule has 148 valence electrons. The molecule has 0 saturated carbocycles. The van der Waals surface area contributed by atoms with Crippen LogP contribution in [0.5, 0.6) is 5.75 Å². The first-order valence-corrected chi connectivity index (χ1v) is 9.40. The average molecular weight is 392 g/mol. The maximum atomic E-state index is 13.3. The Kier molecular flexibility index (Phi) is 5.84. The maximum Gasteiger partial charge on any atom is 0.174 e. The lowest BCUT2D eigenvalue weighted by Crippen LogP contribution is -2.31. The molecule has 1 atom stereocenters. The summed E-state index contributed by atoms with van der Waals surface area (Å²) in [6.07, 6.45) is -0.619. The highest BCUT2D eigenvalue weighted by molar-refractivity contribution is 5.91. The van der Waals surface area contributed by atoms with Crippen molar-refractivity contribution in [2.75, 3.05) is 13.2 Å². The van der Waals surface area contributed by atoms with Crippen molar-refractivity contribution in [2.24, 2.45) is 0 Å². The number of aliphatic hydroxyl groups is 1. The van der Waals surface area contributed by atoms with Gasteiger partial charge in [0.15, 0.2) is 5.76 Å². The second-order valence-electron chi connectivity index (χ2n) is 6.78. The first-order valence-electron chi connectivity index (χ1n) is 9.40. The van der Waals surface area contributed by atoms with Crippen LogP contribution >= 0.6 is 0 Å². The second kappa shape index (κ2) is 8.86. The van der Waals surface area contributed by atoms with Gasteiger partial charge in [0.25, 0.3) is 0 Å². The van der Waals surface area contributed by atoms with Crippen LogP contribution in [-0.2, 0) is 6.54 Å². The molecule has 0 amide bonds. The number of aromatic nitrogens is 1. The summed E-state index contributed by atoms with van der Waals surface area (Å²) in [6, 6.07) is 21.7. The summed E-state index contributed by atoms with van der Waals surface area (Å²) < 4.78 is 24.3. The number of benzene rings is 3. The number of fused-ring (bicyclic) bond motifs is 1. The minimum Gasteiger partial charge on any atom is -0.491 e. The minimum absolute atomic E-state index is 0.186. The van der Waals surface area contributed by atoms with Crippen LogP contribution < -0.4 is 10.1 Å². The van der Waals surface area contributed by atoms with Gasteiger partial charge in [0.05, 0.1) is 0 Å². The molecule has 29 heavy (non-hydrogen) atoms. The third-order valence-electron chi connectivity index (χ3n) is 4.55.